The number of carbonyl (C=O) groups excluding carboxylic acids is 2. The van der Waals surface area contributed by atoms with Gasteiger partial charge in [-0.2, -0.15) is 0 Å². The number of esters is 1. The summed E-state index contributed by atoms with van der Waals surface area (Å²) in [7, 11) is 0. The molecule has 5 nitrogen and oxygen atoms in total. The molecule has 0 bridgehead atoms. The number of dihydropyridines is 1. The molecule has 0 radical (unpaired) electrons. The topological polar surface area (TPSA) is 64.6 Å². The first-order valence-corrected chi connectivity index (χ1v) is 14.3. The Hall–Kier alpha value is -4.12. The third-order valence-electron chi connectivity index (χ3n) is 8.36. The molecule has 1 heterocycles. The van der Waals surface area contributed by atoms with Crippen molar-refractivity contribution in [1.82, 2.24) is 5.32 Å². The van der Waals surface area contributed by atoms with Gasteiger partial charge in [-0.05, 0) is 62.1 Å². The van der Waals surface area contributed by atoms with E-state index in [9.17, 15) is 9.59 Å². The molecule has 1 fully saturated rings. The van der Waals surface area contributed by atoms with Crippen LogP contribution in [0.3, 0.4) is 0 Å². The predicted molar refractivity (Wildman–Crippen MR) is 155 cm³/mol. The van der Waals surface area contributed by atoms with Crippen LogP contribution in [0, 0.1) is 0 Å². The van der Waals surface area contributed by atoms with E-state index in [1.807, 2.05) is 79.7 Å². The van der Waals surface area contributed by atoms with Gasteiger partial charge in [0.05, 0.1) is 11.5 Å². The molecule has 3 aromatic rings. The lowest BCUT2D eigenvalue weighted by molar-refractivity contribution is -0.144. The standard InChI is InChI=1S/C35H35NO4/c1-23-32(35(38)40-27-16-8-9-17-27)33(28-18-10-11-19-31(28)39-22-24-12-4-2-5-13-24)34-29(36-23)20-26(21-30(34)37)25-14-6-3-7-15-25/h2-7,10-15,18-19,26-27,33,36H,8-9,16-17,20-22H2,1H3/t26-,33-/m1/s1. The molecular weight excluding hydrogens is 498 g/mol. The summed E-state index contributed by atoms with van der Waals surface area (Å²) < 4.78 is 12.4. The maximum absolute atomic E-state index is 14.0. The van der Waals surface area contributed by atoms with E-state index in [0.29, 0.717) is 36.3 Å². The second-order valence-corrected chi connectivity index (χ2v) is 11.1. The molecule has 5 heteroatoms. The molecule has 6 rings (SSSR count). The number of hydrogen-bond acceptors (Lipinski definition) is 5. The fraction of sp³-hybridized carbons (Fsp3) is 0.314. The average molecular weight is 534 g/mol. The van der Waals surface area contributed by atoms with Gasteiger partial charge in [0.25, 0.3) is 0 Å². The van der Waals surface area contributed by atoms with E-state index in [0.717, 1.165) is 53.8 Å². The highest BCUT2D eigenvalue weighted by Crippen LogP contribution is 2.48. The number of ketones is 1. The van der Waals surface area contributed by atoms with E-state index >= 15 is 0 Å². The van der Waals surface area contributed by atoms with Crippen molar-refractivity contribution in [2.24, 2.45) is 0 Å². The van der Waals surface area contributed by atoms with Crippen molar-refractivity contribution in [1.29, 1.82) is 0 Å². The summed E-state index contributed by atoms with van der Waals surface area (Å²) >= 11 is 0. The lowest BCUT2D eigenvalue weighted by atomic mass is 9.71. The predicted octanol–water partition coefficient (Wildman–Crippen LogP) is 7.11. The van der Waals surface area contributed by atoms with Crippen LogP contribution in [0.2, 0.25) is 0 Å². The van der Waals surface area contributed by atoms with Crippen LogP contribution in [0.4, 0.5) is 0 Å². The maximum atomic E-state index is 14.0. The highest BCUT2D eigenvalue weighted by atomic mass is 16.5. The highest BCUT2D eigenvalue weighted by Gasteiger charge is 2.43. The van der Waals surface area contributed by atoms with E-state index in [1.165, 1.54) is 0 Å². The second kappa shape index (κ2) is 11.5. The molecular formula is C35H35NO4. The van der Waals surface area contributed by atoms with Crippen LogP contribution in [0.5, 0.6) is 5.75 Å². The van der Waals surface area contributed by atoms with Gasteiger partial charge in [0.2, 0.25) is 0 Å². The van der Waals surface area contributed by atoms with E-state index in [-0.39, 0.29) is 23.8 Å². The number of benzene rings is 3. The quantitative estimate of drug-likeness (QED) is 0.328. The molecule has 1 aliphatic heterocycles. The summed E-state index contributed by atoms with van der Waals surface area (Å²) in [5.74, 6) is -0.0817. The molecule has 2 aliphatic carbocycles. The number of para-hydroxylation sites is 1. The summed E-state index contributed by atoms with van der Waals surface area (Å²) in [5.41, 5.74) is 5.82. The van der Waals surface area contributed by atoms with Gasteiger partial charge in [-0.1, -0.05) is 78.9 Å². The molecule has 1 N–H and O–H groups in total. The van der Waals surface area contributed by atoms with E-state index in [2.05, 4.69) is 17.4 Å². The van der Waals surface area contributed by atoms with Gasteiger partial charge in [-0.25, -0.2) is 4.79 Å². The first-order valence-electron chi connectivity index (χ1n) is 14.3. The Balaban J connectivity index is 1.40. The SMILES string of the molecule is CC1=C(C(=O)OC2CCCC2)[C@@H](c2ccccc2OCc2ccccc2)C2=C(C[C@@H](c3ccccc3)CC2=O)N1. The zero-order valence-corrected chi connectivity index (χ0v) is 22.9. The number of hydrogen-bond donors (Lipinski definition) is 1. The van der Waals surface area contributed by atoms with Crippen LogP contribution >= 0.6 is 0 Å². The van der Waals surface area contributed by atoms with E-state index in [4.69, 9.17) is 9.47 Å². The summed E-state index contributed by atoms with van der Waals surface area (Å²) in [4.78, 5) is 27.8. The number of allylic oxidation sites excluding steroid dienone is 3. The normalized spacial score (nSPS) is 21.2. The third-order valence-corrected chi connectivity index (χ3v) is 8.36. The minimum atomic E-state index is -0.554. The number of carbonyl (C=O) groups is 2. The van der Waals surface area contributed by atoms with E-state index < -0.39 is 5.92 Å². The molecule has 0 unspecified atom stereocenters. The summed E-state index contributed by atoms with van der Waals surface area (Å²) in [6.45, 7) is 2.31. The van der Waals surface area contributed by atoms with Crippen molar-refractivity contribution in [2.75, 3.05) is 0 Å². The zero-order valence-electron chi connectivity index (χ0n) is 22.9. The number of ether oxygens (including phenoxy) is 2. The smallest absolute Gasteiger partial charge is 0.337 e. The van der Waals surface area contributed by atoms with Crippen LogP contribution < -0.4 is 10.1 Å². The van der Waals surface area contributed by atoms with Crippen LogP contribution in [-0.4, -0.2) is 17.9 Å². The minimum absolute atomic E-state index is 0.0594. The average Bonchev–Trinajstić information content (AvgIpc) is 3.49. The minimum Gasteiger partial charge on any atom is -0.489 e. The summed E-state index contributed by atoms with van der Waals surface area (Å²) in [6.07, 6.45) is 4.95. The monoisotopic (exact) mass is 533 g/mol. The van der Waals surface area contributed by atoms with E-state index in [1.54, 1.807) is 0 Å². The zero-order chi connectivity index (χ0) is 27.5. The number of nitrogens with one attached hydrogen (secondary N) is 1. The Morgan fingerprint density at radius 1 is 0.875 bits per heavy atom. The van der Waals surface area contributed by atoms with Crippen LogP contribution in [0.25, 0.3) is 0 Å². The second-order valence-electron chi connectivity index (χ2n) is 11.1. The largest absolute Gasteiger partial charge is 0.489 e. The Kier molecular flexibility index (Phi) is 7.54. The molecule has 204 valence electrons. The van der Waals surface area contributed by atoms with Gasteiger partial charge in [0.1, 0.15) is 18.5 Å². The van der Waals surface area contributed by atoms with Gasteiger partial charge in [-0.3, -0.25) is 4.79 Å². The van der Waals surface area contributed by atoms with Crippen molar-refractivity contribution >= 4 is 11.8 Å². The van der Waals surface area contributed by atoms with Crippen molar-refractivity contribution in [2.45, 2.75) is 70.0 Å². The van der Waals surface area contributed by atoms with Crippen LogP contribution in [0.1, 0.15) is 74.0 Å². The molecule has 0 aromatic heterocycles. The Labute approximate surface area is 235 Å². The summed E-state index contributed by atoms with van der Waals surface area (Å²) in [6, 6.07) is 28.0. The molecule has 3 aromatic carbocycles. The molecule has 1 saturated carbocycles. The van der Waals surface area contributed by atoms with Gasteiger partial charge < -0.3 is 14.8 Å². The maximum Gasteiger partial charge on any atom is 0.337 e. The molecule has 0 saturated heterocycles. The molecule has 40 heavy (non-hydrogen) atoms. The first-order chi connectivity index (χ1) is 19.6. The Bertz CT molecular complexity index is 1450. The van der Waals surface area contributed by atoms with Crippen LogP contribution in [-0.2, 0) is 20.9 Å². The first kappa shape index (κ1) is 26.1. The highest BCUT2D eigenvalue weighted by molar-refractivity contribution is 6.04. The Morgan fingerprint density at radius 2 is 1.55 bits per heavy atom. The van der Waals surface area contributed by atoms with Crippen LogP contribution in [0.15, 0.2) is 107 Å². The molecule has 0 amide bonds. The third kappa shape index (κ3) is 5.33. The van der Waals surface area contributed by atoms with Crippen molar-refractivity contribution in [3.8, 4) is 5.75 Å². The fourth-order valence-electron chi connectivity index (χ4n) is 6.39. The summed E-state index contributed by atoms with van der Waals surface area (Å²) in [5, 5.41) is 3.48. The van der Waals surface area contributed by atoms with Crippen molar-refractivity contribution < 1.29 is 19.1 Å². The van der Waals surface area contributed by atoms with Crippen molar-refractivity contribution in [3.05, 3.63) is 124 Å². The Morgan fingerprint density at radius 3 is 2.30 bits per heavy atom. The van der Waals surface area contributed by atoms with Gasteiger partial charge in [-0.15, -0.1) is 0 Å². The number of Topliss-reactive ketones (excluding diaryl/α,β-unsaturated/α-hetero) is 1. The number of rotatable bonds is 7. The van der Waals surface area contributed by atoms with Crippen molar-refractivity contribution in [3.63, 3.8) is 0 Å². The van der Waals surface area contributed by atoms with Gasteiger partial charge in [0.15, 0.2) is 5.78 Å². The molecule has 3 aliphatic rings. The van der Waals surface area contributed by atoms with Gasteiger partial charge in [0, 0.05) is 29.0 Å². The lowest BCUT2D eigenvalue weighted by Gasteiger charge is -2.37. The lowest BCUT2D eigenvalue weighted by Crippen LogP contribution is -2.36. The fourth-order valence-corrected chi connectivity index (χ4v) is 6.39. The molecule has 0 spiro atoms. The molecule has 2 atom stereocenters. The van der Waals surface area contributed by atoms with Gasteiger partial charge >= 0.3 is 5.97 Å².